The first-order chi connectivity index (χ1) is 29.4. The summed E-state index contributed by atoms with van der Waals surface area (Å²) in [5.41, 5.74) is 2.69. The number of halogens is 2. The van der Waals surface area contributed by atoms with Crippen molar-refractivity contribution in [2.45, 2.75) is 68.2 Å². The van der Waals surface area contributed by atoms with Gasteiger partial charge in [0.05, 0.1) is 21.6 Å². The Labute approximate surface area is 349 Å². The minimum absolute atomic E-state index is 0.0314. The number of pyridine rings is 1. The van der Waals surface area contributed by atoms with Gasteiger partial charge < -0.3 is 29.2 Å². The number of sulfonamides is 1. The number of hydrogen-bond acceptors (Lipinski definition) is 12. The number of para-hydroxylation sites is 1. The molecule has 3 aliphatic heterocycles. The number of nitro groups is 1. The molecule has 61 heavy (non-hydrogen) atoms. The number of ether oxygens (including phenoxy) is 4. The Balaban J connectivity index is 0.953. The number of H-pyrrole nitrogens is 1. The highest BCUT2D eigenvalue weighted by molar-refractivity contribution is 7.90. The maximum atomic E-state index is 14.0. The number of alkyl halides is 2. The van der Waals surface area contributed by atoms with Gasteiger partial charge in [0.2, 0.25) is 0 Å². The smallest absolute Gasteiger partial charge is 0.455 e. The number of carbonyl (C=O) groups is 1. The number of aromatic amines is 1. The van der Waals surface area contributed by atoms with Crippen molar-refractivity contribution in [3.63, 3.8) is 0 Å². The third-order valence-corrected chi connectivity index (χ3v) is 13.1. The number of nitro benzene ring substituents is 1. The average Bonchev–Trinajstić information content (AvgIpc) is 4.01. The molecule has 0 saturated carbocycles. The largest absolute Gasteiger partial charge is 0.586 e. The van der Waals surface area contributed by atoms with Gasteiger partial charge in [-0.05, 0) is 111 Å². The lowest BCUT2D eigenvalue weighted by Gasteiger charge is -2.35. The van der Waals surface area contributed by atoms with Crippen LogP contribution in [0.2, 0.25) is 0 Å². The Kier molecular flexibility index (Phi) is 10.8. The Bertz CT molecular complexity index is 2650. The molecule has 15 nitrogen and oxygen atoms in total. The SMILES string of the molecule is O=C(NS(=O)(=O)c1ccc(NCC2CCOCC2)c([N+](=O)[O-])c1)c1ccc(C2=CCC(N3CCCC3c3cccc4c3OC(F)(F)O4)CC2)cc1Oc1cnc2[nH]ccc2c1. The number of fused-ring (bicyclic) bond motifs is 2. The number of nitrogens with zero attached hydrogens (tertiary/aromatic N) is 3. The van der Waals surface area contributed by atoms with Crippen LogP contribution in [0.15, 0.2) is 90.1 Å². The van der Waals surface area contributed by atoms with Crippen LogP contribution in [0, 0.1) is 16.0 Å². The van der Waals surface area contributed by atoms with Crippen molar-refractivity contribution in [2.75, 3.05) is 31.6 Å². The quantitative estimate of drug-likeness (QED) is 0.0806. The van der Waals surface area contributed by atoms with E-state index in [9.17, 15) is 32.1 Å². The first-order valence-corrected chi connectivity index (χ1v) is 21.7. The highest BCUT2D eigenvalue weighted by Gasteiger charge is 2.46. The first-order valence-electron chi connectivity index (χ1n) is 20.2. The zero-order valence-electron chi connectivity index (χ0n) is 32.8. The lowest BCUT2D eigenvalue weighted by atomic mass is 9.88. The number of likely N-dealkylation sites (tertiary alicyclic amines) is 1. The van der Waals surface area contributed by atoms with Gasteiger partial charge in [-0.1, -0.05) is 24.3 Å². The van der Waals surface area contributed by atoms with Crippen LogP contribution in [0.4, 0.5) is 20.2 Å². The Morgan fingerprint density at radius 2 is 1.90 bits per heavy atom. The molecule has 2 saturated heterocycles. The van der Waals surface area contributed by atoms with E-state index in [1.807, 2.05) is 12.1 Å². The molecule has 5 heterocycles. The van der Waals surface area contributed by atoms with Crippen molar-refractivity contribution in [2.24, 2.45) is 5.92 Å². The van der Waals surface area contributed by atoms with Gasteiger partial charge in [0.25, 0.3) is 21.6 Å². The second kappa shape index (κ2) is 16.4. The summed E-state index contributed by atoms with van der Waals surface area (Å²) >= 11 is 0. The van der Waals surface area contributed by atoms with Crippen LogP contribution in [0.25, 0.3) is 16.6 Å². The lowest BCUT2D eigenvalue weighted by Crippen LogP contribution is -2.36. The summed E-state index contributed by atoms with van der Waals surface area (Å²) in [7, 11) is -4.59. The maximum absolute atomic E-state index is 14.0. The van der Waals surface area contributed by atoms with Crippen LogP contribution in [0.1, 0.15) is 72.5 Å². The maximum Gasteiger partial charge on any atom is 0.586 e. The van der Waals surface area contributed by atoms with E-state index in [4.69, 9.17) is 18.9 Å². The van der Waals surface area contributed by atoms with E-state index in [0.29, 0.717) is 49.6 Å². The van der Waals surface area contributed by atoms with Crippen LogP contribution < -0.4 is 24.2 Å². The standard InChI is InChI=1S/C43H42F2N6O9S/c44-43(45)59-38-5-1-3-33(40(38)60-43)36-4-2-18-50(36)30-9-6-27(7-10-30)28-8-12-34(39(22-28)58-31-21-29-14-17-46-41(29)48-25-31)42(52)49-61(55,56)32-11-13-35(37(23-32)51(53)54)47-24-26-15-19-57-20-16-26/h1,3,5-6,8,11-14,17,21-23,25-26,30,36,47H,2,4,7,9-10,15-16,18-20,24H2,(H,46,48)(H,49,52). The Morgan fingerprint density at radius 1 is 1.05 bits per heavy atom. The minimum Gasteiger partial charge on any atom is -0.455 e. The van der Waals surface area contributed by atoms with Gasteiger partial charge in [0.1, 0.15) is 22.8 Å². The van der Waals surface area contributed by atoms with Gasteiger partial charge in [-0.2, -0.15) is 0 Å². The number of rotatable bonds is 12. The molecule has 2 unspecified atom stereocenters. The molecule has 1 amide bonds. The predicted octanol–water partition coefficient (Wildman–Crippen LogP) is 8.32. The van der Waals surface area contributed by atoms with Crippen LogP contribution in [0.5, 0.6) is 23.0 Å². The molecule has 5 aromatic rings. The zero-order chi connectivity index (χ0) is 42.3. The number of allylic oxidation sites excluding steroid dienone is 1. The van der Waals surface area contributed by atoms with Crippen molar-refractivity contribution >= 4 is 43.9 Å². The normalized spacial score (nSPS) is 20.3. The van der Waals surface area contributed by atoms with Crippen molar-refractivity contribution in [3.8, 4) is 23.0 Å². The van der Waals surface area contributed by atoms with Crippen molar-refractivity contribution < 1.29 is 45.9 Å². The van der Waals surface area contributed by atoms with Crippen molar-refractivity contribution in [1.29, 1.82) is 0 Å². The van der Waals surface area contributed by atoms with Gasteiger partial charge in [-0.25, -0.2) is 18.1 Å². The summed E-state index contributed by atoms with van der Waals surface area (Å²) in [5.74, 6) is -0.260. The molecule has 2 fully saturated rings. The molecule has 2 atom stereocenters. The van der Waals surface area contributed by atoms with Gasteiger partial charge >= 0.3 is 6.29 Å². The molecule has 3 N–H and O–H groups in total. The summed E-state index contributed by atoms with van der Waals surface area (Å²) in [6.45, 7) is 2.48. The molecule has 1 aliphatic carbocycles. The molecule has 18 heteroatoms. The molecule has 3 aromatic carbocycles. The summed E-state index contributed by atoms with van der Waals surface area (Å²) in [5, 5.41) is 15.9. The third-order valence-electron chi connectivity index (χ3n) is 11.8. The molecule has 2 aromatic heterocycles. The molecule has 0 radical (unpaired) electrons. The van der Waals surface area contributed by atoms with E-state index < -0.39 is 37.7 Å². The fourth-order valence-corrected chi connectivity index (χ4v) is 9.70. The van der Waals surface area contributed by atoms with E-state index in [-0.39, 0.29) is 46.5 Å². The molecule has 4 aliphatic rings. The number of benzene rings is 3. The fraction of sp³-hybridized carbons (Fsp3) is 0.349. The van der Waals surface area contributed by atoms with Crippen LogP contribution in [0.3, 0.4) is 0 Å². The van der Waals surface area contributed by atoms with E-state index in [0.717, 1.165) is 61.2 Å². The fourth-order valence-electron chi connectivity index (χ4n) is 8.71. The summed E-state index contributed by atoms with van der Waals surface area (Å²) in [6, 6.07) is 16.9. The van der Waals surface area contributed by atoms with Gasteiger partial charge in [-0.15, -0.1) is 8.78 Å². The lowest BCUT2D eigenvalue weighted by molar-refractivity contribution is -0.384. The Morgan fingerprint density at radius 3 is 2.70 bits per heavy atom. The predicted molar refractivity (Wildman–Crippen MR) is 219 cm³/mol. The number of amides is 1. The minimum atomic E-state index is -4.59. The van der Waals surface area contributed by atoms with Gasteiger partial charge in [-0.3, -0.25) is 19.8 Å². The van der Waals surface area contributed by atoms with Gasteiger partial charge in [0.15, 0.2) is 11.5 Å². The third kappa shape index (κ3) is 8.47. The number of nitrogens with one attached hydrogen (secondary N) is 3. The van der Waals surface area contributed by atoms with Crippen LogP contribution in [-0.2, 0) is 14.8 Å². The van der Waals surface area contributed by atoms with E-state index >= 15 is 0 Å². The topological polar surface area (TPSA) is 187 Å². The van der Waals surface area contributed by atoms with Crippen molar-refractivity contribution in [3.05, 3.63) is 112 Å². The van der Waals surface area contributed by atoms with E-state index in [1.165, 1.54) is 30.5 Å². The van der Waals surface area contributed by atoms with Crippen LogP contribution in [-0.4, -0.2) is 72.8 Å². The van der Waals surface area contributed by atoms with Gasteiger partial charge in [0, 0.05) is 55.1 Å². The van der Waals surface area contributed by atoms with Crippen molar-refractivity contribution in [1.82, 2.24) is 19.6 Å². The monoisotopic (exact) mass is 856 g/mol. The molecular weight excluding hydrogens is 815 g/mol. The average molecular weight is 857 g/mol. The second-order valence-electron chi connectivity index (χ2n) is 15.6. The summed E-state index contributed by atoms with van der Waals surface area (Å²) in [4.78, 5) is 34.6. The molecule has 9 rings (SSSR count). The number of hydrogen-bond donors (Lipinski definition) is 3. The zero-order valence-corrected chi connectivity index (χ0v) is 33.6. The Hall–Kier alpha value is -6.11. The van der Waals surface area contributed by atoms with E-state index in [2.05, 4.69) is 31.0 Å². The number of carbonyl (C=O) groups excluding carboxylic acids is 1. The van der Waals surface area contributed by atoms with Crippen LogP contribution >= 0.6 is 0 Å². The highest BCUT2D eigenvalue weighted by Crippen LogP contribution is 2.49. The molecule has 0 bridgehead atoms. The number of aromatic nitrogens is 2. The first kappa shape index (κ1) is 40.3. The highest BCUT2D eigenvalue weighted by atomic mass is 32.2. The summed E-state index contributed by atoms with van der Waals surface area (Å²) < 4.78 is 78.8. The second-order valence-corrected chi connectivity index (χ2v) is 17.3. The summed E-state index contributed by atoms with van der Waals surface area (Å²) in [6.07, 6.45) is 7.03. The molecular formula is C43H42F2N6O9S. The molecule has 318 valence electrons. The van der Waals surface area contributed by atoms with E-state index in [1.54, 1.807) is 30.5 Å². The number of anilines is 1. The molecule has 0 spiro atoms.